The fourth-order valence-corrected chi connectivity index (χ4v) is 4.48. The molecule has 1 aliphatic rings. The van der Waals surface area contributed by atoms with Crippen LogP contribution in [0.4, 0.5) is 14.6 Å². The van der Waals surface area contributed by atoms with Crippen molar-refractivity contribution in [2.45, 2.75) is 19.4 Å². The molecule has 3 heterocycles. The summed E-state index contributed by atoms with van der Waals surface area (Å²) in [6.07, 6.45) is 3.80. The summed E-state index contributed by atoms with van der Waals surface area (Å²) >= 11 is 1.41. The molecule has 1 N–H and O–H groups in total. The van der Waals surface area contributed by atoms with Gasteiger partial charge in [0.15, 0.2) is 17.5 Å². The van der Waals surface area contributed by atoms with E-state index in [1.807, 2.05) is 5.38 Å². The number of aromatic nitrogens is 5. The fourth-order valence-electron chi connectivity index (χ4n) is 3.83. The number of carboxylic acid groups (broad SMARTS) is 1. The highest BCUT2D eigenvalue weighted by Crippen LogP contribution is 2.46. The SMILES string of the molecule is CN(CC1(C(=O)O)CC1)c1nc(-c2cc(-c3nccs3)n(Cc3ccccc3F)n2)ncc1F. The zero-order valence-electron chi connectivity index (χ0n) is 18.2. The van der Waals surface area contributed by atoms with E-state index in [1.165, 1.54) is 22.3 Å². The molecule has 1 fully saturated rings. The predicted octanol–water partition coefficient (Wildman–Crippen LogP) is 4.09. The van der Waals surface area contributed by atoms with Crippen LogP contribution < -0.4 is 4.90 Å². The van der Waals surface area contributed by atoms with Crippen molar-refractivity contribution in [3.05, 3.63) is 65.3 Å². The first-order valence-electron chi connectivity index (χ1n) is 10.5. The Morgan fingerprint density at radius 2 is 2.03 bits per heavy atom. The van der Waals surface area contributed by atoms with Crippen molar-refractivity contribution in [1.82, 2.24) is 24.7 Å². The average Bonchev–Trinajstić information content (AvgIpc) is 3.20. The number of anilines is 1. The molecule has 34 heavy (non-hydrogen) atoms. The van der Waals surface area contributed by atoms with Crippen molar-refractivity contribution < 1.29 is 18.7 Å². The number of halogens is 2. The van der Waals surface area contributed by atoms with E-state index in [4.69, 9.17) is 0 Å². The molecule has 0 unspecified atom stereocenters. The summed E-state index contributed by atoms with van der Waals surface area (Å²) in [7, 11) is 1.61. The third kappa shape index (κ3) is 4.14. The number of rotatable bonds is 8. The second kappa shape index (κ2) is 8.56. The highest BCUT2D eigenvalue weighted by Gasteiger charge is 2.51. The normalized spacial score (nSPS) is 14.2. The van der Waals surface area contributed by atoms with Crippen LogP contribution in [0.3, 0.4) is 0 Å². The van der Waals surface area contributed by atoms with Gasteiger partial charge in [-0.25, -0.2) is 23.7 Å². The van der Waals surface area contributed by atoms with Crippen LogP contribution >= 0.6 is 11.3 Å². The highest BCUT2D eigenvalue weighted by atomic mass is 32.1. The smallest absolute Gasteiger partial charge is 0.311 e. The molecule has 11 heteroatoms. The summed E-state index contributed by atoms with van der Waals surface area (Å²) < 4.78 is 30.5. The Bertz CT molecular complexity index is 1350. The topological polar surface area (TPSA) is 97.0 Å². The van der Waals surface area contributed by atoms with Crippen molar-refractivity contribution in [2.24, 2.45) is 5.41 Å². The molecular formula is C23H20F2N6O2S. The Morgan fingerprint density at radius 3 is 2.71 bits per heavy atom. The molecule has 1 aromatic carbocycles. The van der Waals surface area contributed by atoms with Crippen LogP contribution in [0.1, 0.15) is 18.4 Å². The lowest BCUT2D eigenvalue weighted by Crippen LogP contribution is -2.33. The molecule has 3 aromatic heterocycles. The largest absolute Gasteiger partial charge is 0.481 e. The number of thiazole rings is 1. The maximum atomic E-state index is 14.6. The van der Waals surface area contributed by atoms with Crippen LogP contribution in [0.2, 0.25) is 0 Å². The molecule has 0 amide bonds. The monoisotopic (exact) mass is 482 g/mol. The Labute approximate surface area is 197 Å². The molecule has 0 atom stereocenters. The number of carboxylic acids is 1. The Hall–Kier alpha value is -3.73. The van der Waals surface area contributed by atoms with E-state index in [0.29, 0.717) is 34.8 Å². The van der Waals surface area contributed by atoms with Gasteiger partial charge in [0.05, 0.1) is 23.9 Å². The van der Waals surface area contributed by atoms with Gasteiger partial charge in [-0.15, -0.1) is 11.3 Å². The van der Waals surface area contributed by atoms with Gasteiger partial charge < -0.3 is 10.0 Å². The van der Waals surface area contributed by atoms with E-state index in [9.17, 15) is 18.7 Å². The van der Waals surface area contributed by atoms with Gasteiger partial charge in [-0.3, -0.25) is 9.48 Å². The minimum Gasteiger partial charge on any atom is -0.481 e. The van der Waals surface area contributed by atoms with Gasteiger partial charge in [0.25, 0.3) is 0 Å². The lowest BCUT2D eigenvalue weighted by Gasteiger charge is -2.22. The standard InChI is InChI=1S/C23H20F2N6O2S/c1-30(13-23(6-7-23)22(32)33)20-16(25)11-27-19(28-20)17-10-18(21-26-8-9-34-21)31(29-17)12-14-4-2-3-5-15(14)24/h2-5,8-11H,6-7,12-13H2,1H3,(H,32,33). The first-order valence-corrected chi connectivity index (χ1v) is 11.4. The van der Waals surface area contributed by atoms with Crippen LogP contribution in [0, 0.1) is 17.0 Å². The first kappa shape index (κ1) is 22.1. The van der Waals surface area contributed by atoms with E-state index >= 15 is 0 Å². The number of hydrogen-bond donors (Lipinski definition) is 1. The molecule has 0 spiro atoms. The molecule has 1 saturated carbocycles. The van der Waals surface area contributed by atoms with Crippen LogP contribution in [0.25, 0.3) is 22.2 Å². The van der Waals surface area contributed by atoms with Crippen molar-refractivity contribution in [2.75, 3.05) is 18.5 Å². The lowest BCUT2D eigenvalue weighted by molar-refractivity contribution is -0.142. The van der Waals surface area contributed by atoms with Crippen molar-refractivity contribution >= 4 is 23.1 Å². The molecule has 174 valence electrons. The number of carbonyl (C=O) groups is 1. The van der Waals surface area contributed by atoms with Gasteiger partial charge in [-0.1, -0.05) is 18.2 Å². The van der Waals surface area contributed by atoms with Crippen LogP contribution in [0.5, 0.6) is 0 Å². The molecule has 0 radical (unpaired) electrons. The van der Waals surface area contributed by atoms with E-state index in [-0.39, 0.29) is 30.5 Å². The highest BCUT2D eigenvalue weighted by molar-refractivity contribution is 7.13. The fraction of sp³-hybridized carbons (Fsp3) is 0.261. The van der Waals surface area contributed by atoms with Crippen LogP contribution in [0.15, 0.2) is 48.1 Å². The van der Waals surface area contributed by atoms with Gasteiger partial charge in [-0.05, 0) is 25.0 Å². The minimum atomic E-state index is -0.894. The molecule has 5 rings (SSSR count). The summed E-state index contributed by atoms with van der Waals surface area (Å²) in [6.45, 7) is 0.304. The van der Waals surface area contributed by atoms with Gasteiger partial charge in [0, 0.05) is 30.7 Å². The Balaban J connectivity index is 1.51. The van der Waals surface area contributed by atoms with E-state index in [1.54, 1.807) is 42.2 Å². The average molecular weight is 483 g/mol. The Kier molecular flexibility index (Phi) is 5.56. The third-order valence-corrected chi connectivity index (χ3v) is 6.67. The molecule has 4 aromatic rings. The molecule has 0 aliphatic heterocycles. The number of benzene rings is 1. The molecule has 0 bridgehead atoms. The maximum absolute atomic E-state index is 14.6. The summed E-state index contributed by atoms with van der Waals surface area (Å²) in [6, 6.07) is 8.17. The summed E-state index contributed by atoms with van der Waals surface area (Å²) in [4.78, 5) is 25.9. The van der Waals surface area contributed by atoms with Crippen molar-refractivity contribution in [3.8, 4) is 22.2 Å². The number of hydrogen-bond acceptors (Lipinski definition) is 7. The zero-order valence-corrected chi connectivity index (χ0v) is 19.0. The quantitative estimate of drug-likeness (QED) is 0.404. The summed E-state index contributed by atoms with van der Waals surface area (Å²) in [5.41, 5.74) is 0.610. The van der Waals surface area contributed by atoms with Gasteiger partial charge >= 0.3 is 5.97 Å². The van der Waals surface area contributed by atoms with E-state index in [2.05, 4.69) is 20.1 Å². The van der Waals surface area contributed by atoms with Crippen LogP contribution in [-0.2, 0) is 11.3 Å². The molecule has 0 saturated heterocycles. The van der Waals surface area contributed by atoms with E-state index < -0.39 is 17.2 Å². The van der Waals surface area contributed by atoms with Gasteiger partial charge in [0.1, 0.15) is 16.5 Å². The molecule has 8 nitrogen and oxygen atoms in total. The number of aliphatic carboxylic acids is 1. The van der Waals surface area contributed by atoms with E-state index in [0.717, 1.165) is 6.20 Å². The maximum Gasteiger partial charge on any atom is 0.311 e. The molecule has 1 aliphatic carbocycles. The Morgan fingerprint density at radius 1 is 1.24 bits per heavy atom. The summed E-state index contributed by atoms with van der Waals surface area (Å²) in [5, 5.41) is 16.6. The second-order valence-electron chi connectivity index (χ2n) is 8.31. The molecular weight excluding hydrogens is 462 g/mol. The minimum absolute atomic E-state index is 0.00280. The summed E-state index contributed by atoms with van der Waals surface area (Å²) in [5.74, 6) is -1.73. The second-order valence-corrected chi connectivity index (χ2v) is 9.20. The number of nitrogens with zero attached hydrogens (tertiary/aromatic N) is 6. The third-order valence-electron chi connectivity index (χ3n) is 5.87. The predicted molar refractivity (Wildman–Crippen MR) is 122 cm³/mol. The van der Waals surface area contributed by atoms with Crippen molar-refractivity contribution in [3.63, 3.8) is 0 Å². The van der Waals surface area contributed by atoms with Crippen LogP contribution in [-0.4, -0.2) is 49.4 Å². The van der Waals surface area contributed by atoms with Gasteiger partial charge in [-0.2, -0.15) is 5.10 Å². The zero-order chi connectivity index (χ0) is 23.9. The van der Waals surface area contributed by atoms with Crippen molar-refractivity contribution in [1.29, 1.82) is 0 Å². The first-order chi connectivity index (χ1) is 16.4. The lowest BCUT2D eigenvalue weighted by atomic mass is 10.1. The van der Waals surface area contributed by atoms with Gasteiger partial charge in [0.2, 0.25) is 0 Å².